The van der Waals surface area contributed by atoms with Crippen LogP contribution in [0.3, 0.4) is 0 Å². The van der Waals surface area contributed by atoms with E-state index in [0.717, 1.165) is 63.7 Å². The SMILES string of the molecule is CCCCCC1OC1C/C=C\CCCCCCCC(=O)O[C@@H](CO)COC(=O)CCCCCCCCC(C)C. The van der Waals surface area contributed by atoms with Crippen LogP contribution >= 0.6 is 0 Å². The van der Waals surface area contributed by atoms with Crippen molar-refractivity contribution < 1.29 is 28.9 Å². The normalized spacial score (nSPS) is 17.6. The van der Waals surface area contributed by atoms with Crippen LogP contribution < -0.4 is 0 Å². The molecule has 3 atom stereocenters. The van der Waals surface area contributed by atoms with Crippen LogP contribution in [-0.4, -0.2) is 48.6 Å². The third-order valence-corrected chi connectivity index (χ3v) is 7.41. The number of rotatable bonds is 27. The molecule has 0 saturated carbocycles. The quantitative estimate of drug-likeness (QED) is 0.0478. The van der Waals surface area contributed by atoms with Gasteiger partial charge < -0.3 is 19.3 Å². The smallest absolute Gasteiger partial charge is 0.306 e. The summed E-state index contributed by atoms with van der Waals surface area (Å²) >= 11 is 0. The van der Waals surface area contributed by atoms with Crippen molar-refractivity contribution >= 4 is 11.9 Å². The Morgan fingerprint density at radius 1 is 0.795 bits per heavy atom. The highest BCUT2D eigenvalue weighted by atomic mass is 16.6. The first kappa shape index (κ1) is 35.6. The summed E-state index contributed by atoms with van der Waals surface area (Å²) in [6.07, 6.45) is 25.9. The Morgan fingerprint density at radius 3 is 2.10 bits per heavy atom. The van der Waals surface area contributed by atoms with Gasteiger partial charge >= 0.3 is 11.9 Å². The number of unbranched alkanes of at least 4 members (excludes halogenated alkanes) is 12. The van der Waals surface area contributed by atoms with E-state index in [9.17, 15) is 14.7 Å². The van der Waals surface area contributed by atoms with Gasteiger partial charge in [0.25, 0.3) is 0 Å². The largest absolute Gasteiger partial charge is 0.462 e. The molecule has 1 fully saturated rings. The van der Waals surface area contributed by atoms with Gasteiger partial charge in [-0.3, -0.25) is 9.59 Å². The second kappa shape index (κ2) is 24.4. The van der Waals surface area contributed by atoms with Crippen LogP contribution in [0.5, 0.6) is 0 Å². The van der Waals surface area contributed by atoms with Gasteiger partial charge in [0.1, 0.15) is 6.61 Å². The molecule has 0 bridgehead atoms. The van der Waals surface area contributed by atoms with Crippen molar-refractivity contribution in [3.63, 3.8) is 0 Å². The summed E-state index contributed by atoms with van der Waals surface area (Å²) in [4.78, 5) is 24.0. The van der Waals surface area contributed by atoms with Crippen LogP contribution in [0.4, 0.5) is 0 Å². The fourth-order valence-electron chi connectivity index (χ4n) is 4.80. The number of aliphatic hydroxyl groups excluding tert-OH is 1. The Balaban J connectivity index is 1.92. The zero-order valence-electron chi connectivity index (χ0n) is 25.5. The predicted octanol–water partition coefficient (Wildman–Crippen LogP) is 8.24. The van der Waals surface area contributed by atoms with Gasteiger partial charge in [0.15, 0.2) is 6.10 Å². The van der Waals surface area contributed by atoms with Gasteiger partial charge in [0.2, 0.25) is 0 Å². The van der Waals surface area contributed by atoms with Gasteiger partial charge in [-0.15, -0.1) is 0 Å². The fraction of sp³-hybridized carbons (Fsp3) is 0.879. The molecule has 1 saturated heterocycles. The van der Waals surface area contributed by atoms with Crippen LogP contribution in [0, 0.1) is 5.92 Å². The molecule has 0 aromatic heterocycles. The molecule has 0 aromatic carbocycles. The van der Waals surface area contributed by atoms with Crippen LogP contribution in [-0.2, 0) is 23.8 Å². The maximum Gasteiger partial charge on any atom is 0.306 e. The molecule has 1 aliphatic rings. The third kappa shape index (κ3) is 22.0. The summed E-state index contributed by atoms with van der Waals surface area (Å²) in [5.74, 6) is 0.156. The van der Waals surface area contributed by atoms with Gasteiger partial charge in [0.05, 0.1) is 18.8 Å². The molecule has 228 valence electrons. The average Bonchev–Trinajstić information content (AvgIpc) is 3.66. The Morgan fingerprint density at radius 2 is 1.44 bits per heavy atom. The number of esters is 2. The Labute approximate surface area is 239 Å². The van der Waals surface area contributed by atoms with E-state index < -0.39 is 6.10 Å². The summed E-state index contributed by atoms with van der Waals surface area (Å²) in [5.41, 5.74) is 0. The number of carbonyl (C=O) groups is 2. The Hall–Kier alpha value is -1.40. The van der Waals surface area contributed by atoms with Crippen molar-refractivity contribution in [2.24, 2.45) is 5.92 Å². The topological polar surface area (TPSA) is 85.4 Å². The van der Waals surface area contributed by atoms with E-state index in [1.54, 1.807) is 0 Å². The van der Waals surface area contributed by atoms with Crippen molar-refractivity contribution in [3.05, 3.63) is 12.2 Å². The van der Waals surface area contributed by atoms with Crippen molar-refractivity contribution in [1.82, 2.24) is 0 Å². The van der Waals surface area contributed by atoms with Crippen molar-refractivity contribution in [2.75, 3.05) is 13.2 Å². The van der Waals surface area contributed by atoms with E-state index in [-0.39, 0.29) is 25.2 Å². The molecule has 6 nitrogen and oxygen atoms in total. The highest BCUT2D eigenvalue weighted by Crippen LogP contribution is 2.30. The number of epoxide rings is 1. The van der Waals surface area contributed by atoms with Gasteiger partial charge in [-0.25, -0.2) is 0 Å². The summed E-state index contributed by atoms with van der Waals surface area (Å²) in [6.45, 7) is 6.33. The zero-order valence-corrected chi connectivity index (χ0v) is 25.5. The predicted molar refractivity (Wildman–Crippen MR) is 159 cm³/mol. The lowest BCUT2D eigenvalue weighted by atomic mass is 10.0. The minimum atomic E-state index is -0.776. The van der Waals surface area contributed by atoms with Crippen LogP contribution in [0.2, 0.25) is 0 Å². The molecule has 6 heteroatoms. The molecule has 2 unspecified atom stereocenters. The van der Waals surface area contributed by atoms with E-state index >= 15 is 0 Å². The van der Waals surface area contributed by atoms with Crippen LogP contribution in [0.15, 0.2) is 12.2 Å². The number of aliphatic hydroxyl groups is 1. The average molecular weight is 553 g/mol. The molecular formula is C33H60O6. The van der Waals surface area contributed by atoms with Gasteiger partial charge in [0, 0.05) is 12.8 Å². The first-order valence-electron chi connectivity index (χ1n) is 16.2. The standard InChI is InChI=1S/C33H60O6/c1-4-5-16-22-30-31(39-30)23-18-13-8-6-7-9-15-20-25-33(36)38-29(26-34)27-37-32(35)24-19-14-11-10-12-17-21-28(2)3/h13,18,28-31,34H,4-12,14-17,19-27H2,1-3H3/b18-13-/t29-,30?,31?/m0/s1. The Bertz CT molecular complexity index is 632. The molecular weight excluding hydrogens is 492 g/mol. The van der Waals surface area contributed by atoms with Gasteiger partial charge in [-0.2, -0.15) is 0 Å². The van der Waals surface area contributed by atoms with E-state index in [4.69, 9.17) is 14.2 Å². The molecule has 0 amide bonds. The Kier molecular flexibility index (Phi) is 22.3. The van der Waals surface area contributed by atoms with E-state index in [1.807, 2.05) is 0 Å². The van der Waals surface area contributed by atoms with Gasteiger partial charge in [-0.05, 0) is 44.4 Å². The summed E-state index contributed by atoms with van der Waals surface area (Å²) in [6, 6.07) is 0. The number of hydrogen-bond donors (Lipinski definition) is 1. The maximum atomic E-state index is 12.1. The summed E-state index contributed by atoms with van der Waals surface area (Å²) in [5, 5.41) is 9.48. The number of ether oxygens (including phenoxy) is 3. The van der Waals surface area contributed by atoms with Crippen molar-refractivity contribution in [1.29, 1.82) is 0 Å². The molecule has 1 N–H and O–H groups in total. The minimum Gasteiger partial charge on any atom is -0.462 e. The minimum absolute atomic E-state index is 0.0732. The molecule has 1 heterocycles. The van der Waals surface area contributed by atoms with Crippen LogP contribution in [0.1, 0.15) is 149 Å². The number of allylic oxidation sites excluding steroid dienone is 1. The number of carbonyl (C=O) groups excluding carboxylic acids is 2. The maximum absolute atomic E-state index is 12.1. The zero-order chi connectivity index (χ0) is 28.6. The molecule has 0 aromatic rings. The van der Waals surface area contributed by atoms with Crippen molar-refractivity contribution in [3.8, 4) is 0 Å². The lowest BCUT2D eigenvalue weighted by Gasteiger charge is -2.15. The lowest BCUT2D eigenvalue weighted by molar-refractivity contribution is -0.161. The van der Waals surface area contributed by atoms with Crippen molar-refractivity contribution in [2.45, 2.75) is 167 Å². The lowest BCUT2D eigenvalue weighted by Crippen LogP contribution is -2.28. The molecule has 0 aliphatic carbocycles. The van der Waals surface area contributed by atoms with Crippen LogP contribution in [0.25, 0.3) is 0 Å². The monoisotopic (exact) mass is 552 g/mol. The third-order valence-electron chi connectivity index (χ3n) is 7.41. The first-order chi connectivity index (χ1) is 19.0. The second-order valence-corrected chi connectivity index (χ2v) is 11.8. The molecule has 0 spiro atoms. The molecule has 1 aliphatic heterocycles. The fourth-order valence-corrected chi connectivity index (χ4v) is 4.80. The number of hydrogen-bond acceptors (Lipinski definition) is 6. The summed E-state index contributed by atoms with van der Waals surface area (Å²) < 4.78 is 16.2. The first-order valence-corrected chi connectivity index (χ1v) is 16.2. The van der Waals surface area contributed by atoms with E-state index in [2.05, 4.69) is 32.9 Å². The molecule has 1 rings (SSSR count). The van der Waals surface area contributed by atoms with E-state index in [0.29, 0.717) is 25.0 Å². The molecule has 0 radical (unpaired) electrons. The van der Waals surface area contributed by atoms with Gasteiger partial charge in [-0.1, -0.05) is 110 Å². The summed E-state index contributed by atoms with van der Waals surface area (Å²) in [7, 11) is 0. The highest BCUT2D eigenvalue weighted by Gasteiger charge is 2.36. The second-order valence-electron chi connectivity index (χ2n) is 11.8. The van der Waals surface area contributed by atoms with E-state index in [1.165, 1.54) is 57.8 Å². The molecule has 39 heavy (non-hydrogen) atoms. The highest BCUT2D eigenvalue weighted by molar-refractivity contribution is 5.70.